The Morgan fingerprint density at radius 2 is 1.84 bits per heavy atom. The van der Waals surface area contributed by atoms with Crippen LogP contribution in [0.2, 0.25) is 5.02 Å². The van der Waals surface area contributed by atoms with Gasteiger partial charge in [-0.15, -0.1) is 11.3 Å². The Morgan fingerprint density at radius 3 is 2.55 bits per heavy atom. The number of ether oxygens (including phenoxy) is 2. The monoisotopic (exact) mass is 460 g/mol. The number of nitrogens with zero attached hydrogens (tertiary/aromatic N) is 1. The molecular weight excluding hydrogens is 444 g/mol. The van der Waals surface area contributed by atoms with E-state index >= 15 is 0 Å². The maximum atomic E-state index is 12.6. The maximum Gasteiger partial charge on any atom is 0.341 e. The minimum Gasteiger partial charge on any atom is -0.477 e. The molecule has 0 radical (unpaired) electrons. The van der Waals surface area contributed by atoms with E-state index in [1.807, 2.05) is 0 Å². The number of hydrogen-bond acceptors (Lipinski definition) is 7. The predicted octanol–water partition coefficient (Wildman–Crippen LogP) is 5.17. The highest BCUT2D eigenvalue weighted by molar-refractivity contribution is 7.15. The zero-order valence-corrected chi connectivity index (χ0v) is 17.9. The summed E-state index contributed by atoms with van der Waals surface area (Å²) < 4.78 is 10.5. The van der Waals surface area contributed by atoms with Crippen LogP contribution in [0.15, 0.2) is 53.9 Å². The van der Waals surface area contributed by atoms with Crippen molar-refractivity contribution in [3.05, 3.63) is 74.6 Å². The zero-order chi connectivity index (χ0) is 22.4. The highest BCUT2D eigenvalue weighted by atomic mass is 35.5. The molecule has 0 unspecified atom stereocenters. The van der Waals surface area contributed by atoms with Gasteiger partial charge < -0.3 is 14.8 Å². The van der Waals surface area contributed by atoms with E-state index < -0.39 is 23.4 Å². The molecule has 0 atom stereocenters. The van der Waals surface area contributed by atoms with Crippen molar-refractivity contribution in [3.63, 3.8) is 0 Å². The van der Waals surface area contributed by atoms with Crippen LogP contribution in [-0.2, 0) is 9.53 Å². The molecule has 0 fully saturated rings. The number of hydrogen-bond donors (Lipinski definition) is 1. The lowest BCUT2D eigenvalue weighted by molar-refractivity contribution is -0.385. The molecule has 8 nitrogen and oxygen atoms in total. The van der Waals surface area contributed by atoms with Gasteiger partial charge in [0.05, 0.1) is 11.5 Å². The van der Waals surface area contributed by atoms with Crippen molar-refractivity contribution >= 4 is 45.5 Å². The number of carbonyl (C=O) groups is 2. The highest BCUT2D eigenvalue weighted by Crippen LogP contribution is 2.39. The molecule has 3 aromatic rings. The smallest absolute Gasteiger partial charge is 0.341 e. The molecule has 0 bridgehead atoms. The van der Waals surface area contributed by atoms with Gasteiger partial charge in [0, 0.05) is 27.6 Å². The van der Waals surface area contributed by atoms with Crippen LogP contribution in [0, 0.1) is 10.1 Å². The predicted molar refractivity (Wildman–Crippen MR) is 118 cm³/mol. The average Bonchev–Trinajstić information content (AvgIpc) is 3.16. The summed E-state index contributed by atoms with van der Waals surface area (Å²) in [7, 11) is 0. The number of esters is 1. The lowest BCUT2D eigenvalue weighted by Crippen LogP contribution is -2.21. The Hall–Kier alpha value is -3.43. The molecule has 3 rings (SSSR count). The number of carbonyl (C=O) groups excluding carboxylic acids is 2. The molecule has 1 aromatic heterocycles. The lowest BCUT2D eigenvalue weighted by atomic mass is 10.0. The fraction of sp³-hybridized carbons (Fsp3) is 0.143. The second-order valence-corrected chi connectivity index (χ2v) is 7.40. The van der Waals surface area contributed by atoms with Crippen LogP contribution in [0.5, 0.6) is 5.75 Å². The SMILES string of the molecule is CCOC(=O)c1c(-c2ccccc2Cl)csc1NC(=O)COc1ccccc1[N+](=O)[O-]. The third kappa shape index (κ3) is 5.19. The first-order chi connectivity index (χ1) is 14.9. The van der Waals surface area contributed by atoms with Crippen molar-refractivity contribution in [1.29, 1.82) is 0 Å². The molecule has 0 saturated heterocycles. The Morgan fingerprint density at radius 1 is 1.13 bits per heavy atom. The number of rotatable bonds is 8. The van der Waals surface area contributed by atoms with E-state index in [4.69, 9.17) is 21.1 Å². The zero-order valence-electron chi connectivity index (χ0n) is 16.3. The number of benzene rings is 2. The molecule has 31 heavy (non-hydrogen) atoms. The van der Waals surface area contributed by atoms with Crippen molar-refractivity contribution in [2.45, 2.75) is 6.92 Å². The van der Waals surface area contributed by atoms with Crippen LogP contribution < -0.4 is 10.1 Å². The summed E-state index contributed by atoms with van der Waals surface area (Å²) in [4.78, 5) is 35.5. The first-order valence-electron chi connectivity index (χ1n) is 9.12. The number of amides is 1. The molecule has 2 aromatic carbocycles. The van der Waals surface area contributed by atoms with Gasteiger partial charge in [0.15, 0.2) is 12.4 Å². The number of thiophene rings is 1. The summed E-state index contributed by atoms with van der Waals surface area (Å²) in [5.74, 6) is -1.22. The fourth-order valence-corrected chi connectivity index (χ4v) is 3.97. The number of nitrogens with one attached hydrogen (secondary N) is 1. The summed E-state index contributed by atoms with van der Waals surface area (Å²) in [6.07, 6.45) is 0. The lowest BCUT2D eigenvalue weighted by Gasteiger charge is -2.10. The summed E-state index contributed by atoms with van der Waals surface area (Å²) >= 11 is 7.41. The molecule has 0 saturated carbocycles. The Bertz CT molecular complexity index is 1130. The number of halogens is 1. The van der Waals surface area contributed by atoms with Crippen LogP contribution in [0.4, 0.5) is 10.7 Å². The molecule has 1 amide bonds. The van der Waals surface area contributed by atoms with E-state index in [1.165, 1.54) is 18.2 Å². The summed E-state index contributed by atoms with van der Waals surface area (Å²) in [5.41, 5.74) is 1.09. The van der Waals surface area contributed by atoms with Crippen molar-refractivity contribution in [3.8, 4) is 16.9 Å². The van der Waals surface area contributed by atoms with Gasteiger partial charge in [-0.2, -0.15) is 0 Å². The van der Waals surface area contributed by atoms with Gasteiger partial charge in [-0.1, -0.05) is 41.9 Å². The van der Waals surface area contributed by atoms with E-state index in [2.05, 4.69) is 5.32 Å². The topological polar surface area (TPSA) is 108 Å². The summed E-state index contributed by atoms with van der Waals surface area (Å²) in [5, 5.41) is 16.1. The molecule has 1 heterocycles. The number of para-hydroxylation sites is 2. The van der Waals surface area contributed by atoms with E-state index in [1.54, 1.807) is 42.6 Å². The van der Waals surface area contributed by atoms with Crippen molar-refractivity contribution in [2.75, 3.05) is 18.5 Å². The van der Waals surface area contributed by atoms with Gasteiger partial charge in [0.2, 0.25) is 0 Å². The van der Waals surface area contributed by atoms with Crippen LogP contribution in [-0.4, -0.2) is 30.0 Å². The Kier molecular flexibility index (Phi) is 7.22. The molecule has 160 valence electrons. The third-order valence-electron chi connectivity index (χ3n) is 4.11. The van der Waals surface area contributed by atoms with Crippen LogP contribution in [0.3, 0.4) is 0 Å². The first kappa shape index (κ1) is 22.3. The largest absolute Gasteiger partial charge is 0.477 e. The standard InChI is InChI=1S/C21H17ClN2O6S/c1-2-29-21(26)19-14(13-7-3-4-8-15(13)22)12-31-20(19)23-18(25)11-30-17-10-6-5-9-16(17)24(27)28/h3-10,12H,2,11H2,1H3,(H,23,25). The minimum atomic E-state index is -0.603. The second kappa shape index (κ2) is 10.1. The Balaban J connectivity index is 1.83. The van der Waals surface area contributed by atoms with Gasteiger partial charge in [0.25, 0.3) is 5.91 Å². The van der Waals surface area contributed by atoms with Crippen LogP contribution >= 0.6 is 22.9 Å². The third-order valence-corrected chi connectivity index (χ3v) is 5.33. The molecule has 0 aliphatic heterocycles. The van der Waals surface area contributed by atoms with E-state index in [9.17, 15) is 19.7 Å². The van der Waals surface area contributed by atoms with Gasteiger partial charge in [-0.05, 0) is 19.1 Å². The molecule has 1 N–H and O–H groups in total. The van der Waals surface area contributed by atoms with Crippen molar-refractivity contribution in [2.24, 2.45) is 0 Å². The van der Waals surface area contributed by atoms with Gasteiger partial charge in [-0.3, -0.25) is 14.9 Å². The fourth-order valence-electron chi connectivity index (χ4n) is 2.77. The van der Waals surface area contributed by atoms with Crippen molar-refractivity contribution < 1.29 is 24.0 Å². The van der Waals surface area contributed by atoms with E-state index in [-0.39, 0.29) is 28.6 Å². The van der Waals surface area contributed by atoms with Crippen molar-refractivity contribution in [1.82, 2.24) is 0 Å². The maximum absolute atomic E-state index is 12.6. The van der Waals surface area contributed by atoms with Crippen LogP contribution in [0.1, 0.15) is 17.3 Å². The normalized spacial score (nSPS) is 10.4. The quantitative estimate of drug-likeness (QED) is 0.282. The van der Waals surface area contributed by atoms with E-state index in [0.29, 0.717) is 16.1 Å². The van der Waals surface area contributed by atoms with Gasteiger partial charge in [0.1, 0.15) is 10.6 Å². The van der Waals surface area contributed by atoms with Gasteiger partial charge in [-0.25, -0.2) is 4.79 Å². The molecule has 0 spiro atoms. The minimum absolute atomic E-state index is 0.0313. The highest BCUT2D eigenvalue weighted by Gasteiger charge is 2.24. The number of anilines is 1. The summed E-state index contributed by atoms with van der Waals surface area (Å²) in [6, 6.07) is 12.8. The molecular formula is C21H17ClN2O6S. The average molecular weight is 461 g/mol. The number of nitro groups is 1. The summed E-state index contributed by atoms with van der Waals surface area (Å²) in [6.45, 7) is 1.36. The molecule has 10 heteroatoms. The Labute approximate surface area is 186 Å². The van der Waals surface area contributed by atoms with Gasteiger partial charge >= 0.3 is 11.7 Å². The molecule has 0 aliphatic carbocycles. The number of nitro benzene ring substituents is 1. The van der Waals surface area contributed by atoms with E-state index in [0.717, 1.165) is 11.3 Å². The molecule has 0 aliphatic rings. The first-order valence-corrected chi connectivity index (χ1v) is 10.4. The van der Waals surface area contributed by atoms with Crippen LogP contribution in [0.25, 0.3) is 11.1 Å². The second-order valence-electron chi connectivity index (χ2n) is 6.12.